The van der Waals surface area contributed by atoms with Gasteiger partial charge >= 0.3 is 0 Å². The number of aliphatic imine (C=N–C) groups is 1. The number of hydrogen-bond acceptors (Lipinski definition) is 11. The molecule has 12 nitrogen and oxygen atoms in total. The highest BCUT2D eigenvalue weighted by Crippen LogP contribution is 2.42. The van der Waals surface area contributed by atoms with Crippen molar-refractivity contribution in [2.75, 3.05) is 26.9 Å². The van der Waals surface area contributed by atoms with Crippen molar-refractivity contribution >= 4 is 28.7 Å². The van der Waals surface area contributed by atoms with Crippen LogP contribution in [-0.2, 0) is 27.2 Å². The molecule has 1 saturated heterocycles. The minimum Gasteiger partial charge on any atom is -0.506 e. The van der Waals surface area contributed by atoms with Gasteiger partial charge < -0.3 is 43.9 Å². The molecule has 4 aliphatic heterocycles. The van der Waals surface area contributed by atoms with Crippen LogP contribution in [0.5, 0.6) is 17.2 Å². The number of amides is 1. The number of nitrogens with zero attached hydrogens (tertiary/aromatic N) is 2. The Morgan fingerprint density at radius 3 is 2.85 bits per heavy atom. The molecule has 1 aliphatic carbocycles. The van der Waals surface area contributed by atoms with E-state index in [0.29, 0.717) is 22.3 Å². The number of aromatic hydroxyl groups is 1. The summed E-state index contributed by atoms with van der Waals surface area (Å²) in [6.07, 6.45) is 5.49. The highest BCUT2D eigenvalue weighted by Gasteiger charge is 2.48. The number of aliphatic hydroxyl groups is 2. The fourth-order valence-corrected chi connectivity index (χ4v) is 7.28. The summed E-state index contributed by atoms with van der Waals surface area (Å²) in [6, 6.07) is 10.2. The van der Waals surface area contributed by atoms with E-state index >= 15 is 0 Å². The molecular formula is C40H35N2O10+. The lowest BCUT2D eigenvalue weighted by atomic mass is 9.96. The summed E-state index contributed by atoms with van der Waals surface area (Å²) in [7, 11) is 1.47. The van der Waals surface area contributed by atoms with Crippen molar-refractivity contribution in [3.05, 3.63) is 106 Å². The zero-order valence-corrected chi connectivity index (χ0v) is 28.4. The number of methoxy groups -OCH3 is 1. The minimum atomic E-state index is -1.57. The van der Waals surface area contributed by atoms with Crippen LogP contribution >= 0.6 is 0 Å². The third-order valence-corrected chi connectivity index (χ3v) is 9.91. The number of ketones is 1. The quantitative estimate of drug-likeness (QED) is 0.266. The van der Waals surface area contributed by atoms with Crippen LogP contribution in [0.3, 0.4) is 0 Å². The maximum Gasteiger partial charge on any atom is 0.254 e. The Morgan fingerprint density at radius 1 is 1.13 bits per heavy atom. The molecule has 0 unspecified atom stereocenters. The van der Waals surface area contributed by atoms with Crippen molar-refractivity contribution in [2.45, 2.75) is 50.6 Å². The summed E-state index contributed by atoms with van der Waals surface area (Å²) in [5, 5.41) is 35.4. The van der Waals surface area contributed by atoms with E-state index in [4.69, 9.17) is 23.7 Å². The number of allylic oxidation sites excluding steroid dienone is 4. The lowest BCUT2D eigenvalue weighted by Gasteiger charge is -2.41. The maximum absolute atomic E-state index is 13.9. The van der Waals surface area contributed by atoms with E-state index in [2.05, 4.69) is 17.0 Å². The molecule has 0 aromatic heterocycles. The van der Waals surface area contributed by atoms with Gasteiger partial charge in [-0.25, -0.2) is 0 Å². The largest absolute Gasteiger partial charge is 0.506 e. The summed E-state index contributed by atoms with van der Waals surface area (Å²) in [5.41, 5.74) is 5.14. The number of phenols is 1. The van der Waals surface area contributed by atoms with Gasteiger partial charge in [0.05, 0.1) is 43.0 Å². The van der Waals surface area contributed by atoms with Gasteiger partial charge in [-0.1, -0.05) is 24.1 Å². The zero-order chi connectivity index (χ0) is 36.1. The number of carbonyl (C=O) groups is 2. The number of carbonyl (C=O) groups excluding carboxylic acids is 2. The number of aliphatic hydroxyl groups excluding tert-OH is 2. The number of hydrogen-bond donors (Lipinski definition) is 3. The smallest absolute Gasteiger partial charge is 0.254 e. The van der Waals surface area contributed by atoms with Crippen molar-refractivity contribution in [3.63, 3.8) is 0 Å². The number of phenolic OH excluding ortho intramolecular Hbond substituents is 1. The molecule has 12 heteroatoms. The maximum atomic E-state index is 13.9. The van der Waals surface area contributed by atoms with Crippen LogP contribution in [0, 0.1) is 25.4 Å². The molecule has 4 heterocycles. The lowest BCUT2D eigenvalue weighted by Crippen LogP contribution is -2.60. The molecule has 3 N–H and O–H groups in total. The van der Waals surface area contributed by atoms with Crippen molar-refractivity contribution in [1.29, 1.82) is 0 Å². The van der Waals surface area contributed by atoms with Crippen LogP contribution in [-0.4, -0.2) is 95.7 Å². The van der Waals surface area contributed by atoms with Gasteiger partial charge in [-0.15, -0.1) is 0 Å². The molecule has 0 saturated carbocycles. The Morgan fingerprint density at radius 2 is 2.00 bits per heavy atom. The SMILES string of the molecule is COc1cc2c3c(O)c(c(C)cc3c1)C(=O)CN1Cc3c(cccc3C1=O)CC#CO[C@@H]1[C@@H](O)[C@@H](O2)O[C@H](COCC2=C3[CH+]C=CC=C3N=C2)[C@H]1O. The molecule has 0 spiro atoms. The van der Waals surface area contributed by atoms with Crippen molar-refractivity contribution in [3.8, 4) is 29.3 Å². The number of fused-ring (bicyclic) bond motifs is 5. The molecule has 6 bridgehead atoms. The van der Waals surface area contributed by atoms with E-state index in [1.807, 2.05) is 30.7 Å². The fourth-order valence-electron chi connectivity index (χ4n) is 7.28. The molecule has 5 aliphatic rings. The minimum absolute atomic E-state index is 0.0287. The van der Waals surface area contributed by atoms with Gasteiger partial charge in [-0.05, 0) is 41.1 Å². The topological polar surface area (TPSA) is 157 Å². The monoisotopic (exact) mass is 703 g/mol. The molecule has 3 aromatic rings. The van der Waals surface area contributed by atoms with Gasteiger partial charge in [0.2, 0.25) is 6.29 Å². The highest BCUT2D eigenvalue weighted by molar-refractivity contribution is 6.10. The van der Waals surface area contributed by atoms with E-state index < -0.39 is 36.5 Å². The summed E-state index contributed by atoms with van der Waals surface area (Å²) < 4.78 is 29.8. The second-order valence-electron chi connectivity index (χ2n) is 13.2. The van der Waals surface area contributed by atoms with E-state index in [9.17, 15) is 24.9 Å². The van der Waals surface area contributed by atoms with Crippen LogP contribution in [0.15, 0.2) is 76.5 Å². The third kappa shape index (κ3) is 5.87. The van der Waals surface area contributed by atoms with E-state index in [1.54, 1.807) is 37.4 Å². The third-order valence-electron chi connectivity index (χ3n) is 9.91. The number of rotatable bonds is 5. The Bertz CT molecular complexity index is 2190. The molecular weight excluding hydrogens is 668 g/mol. The molecule has 8 rings (SSSR count). The van der Waals surface area contributed by atoms with Gasteiger partial charge in [-0.3, -0.25) is 9.59 Å². The first-order chi connectivity index (χ1) is 25.2. The molecule has 3 aromatic carbocycles. The number of benzene rings is 3. The van der Waals surface area contributed by atoms with Crippen LogP contribution in [0.4, 0.5) is 0 Å². The van der Waals surface area contributed by atoms with E-state index in [1.165, 1.54) is 18.1 Å². The number of ether oxygens (including phenoxy) is 5. The summed E-state index contributed by atoms with van der Waals surface area (Å²) in [4.78, 5) is 33.2. The average Bonchev–Trinajstić information content (AvgIpc) is 3.69. The first kappa shape index (κ1) is 33.6. The molecule has 1 amide bonds. The van der Waals surface area contributed by atoms with Crippen molar-refractivity contribution in [1.82, 2.24) is 4.90 Å². The summed E-state index contributed by atoms with van der Waals surface area (Å²) in [6.45, 7) is 1.69. The Kier molecular flexibility index (Phi) is 8.72. The van der Waals surface area contributed by atoms with Gasteiger partial charge in [0, 0.05) is 49.2 Å². The molecule has 264 valence electrons. The highest BCUT2D eigenvalue weighted by atomic mass is 16.7. The van der Waals surface area contributed by atoms with Crippen molar-refractivity contribution < 1.29 is 48.6 Å². The van der Waals surface area contributed by atoms with E-state index in [-0.39, 0.29) is 61.1 Å². The van der Waals surface area contributed by atoms with Crippen LogP contribution in [0.1, 0.15) is 37.4 Å². The number of aryl methyl sites for hydroxylation is 1. The molecule has 0 radical (unpaired) electrons. The molecule has 5 atom stereocenters. The van der Waals surface area contributed by atoms with Crippen LogP contribution in [0.2, 0.25) is 0 Å². The van der Waals surface area contributed by atoms with E-state index in [0.717, 1.165) is 28.0 Å². The van der Waals surface area contributed by atoms with Gasteiger partial charge in [0.25, 0.3) is 5.91 Å². The molecule has 1 fully saturated rings. The lowest BCUT2D eigenvalue weighted by molar-refractivity contribution is -0.278. The van der Waals surface area contributed by atoms with Crippen LogP contribution in [0.25, 0.3) is 10.8 Å². The fraction of sp³-hybridized carbons (Fsp3) is 0.300. The summed E-state index contributed by atoms with van der Waals surface area (Å²) in [5.74, 6) is 2.24. The number of Topliss-reactive ketones (excluding diaryl/α,β-unsaturated/α-hetero) is 1. The predicted molar refractivity (Wildman–Crippen MR) is 188 cm³/mol. The molecule has 52 heavy (non-hydrogen) atoms. The Balaban J connectivity index is 1.17. The average molecular weight is 704 g/mol. The second kappa shape index (κ2) is 13.5. The second-order valence-corrected chi connectivity index (χ2v) is 13.2. The van der Waals surface area contributed by atoms with Crippen LogP contribution < -0.4 is 9.47 Å². The van der Waals surface area contributed by atoms with Gasteiger partial charge in [0.15, 0.2) is 23.7 Å². The van der Waals surface area contributed by atoms with Gasteiger partial charge in [0.1, 0.15) is 47.7 Å². The Labute approximate surface area is 299 Å². The standard InChI is InChI=1S/C40H34N2O10/c1-21-13-23-14-25(48-2)15-31-34(23)36(45)33(21)30(43)18-42-17-28-22(7-5-10-27(28)39(42)47)8-6-12-50-38-35(44)32(52-40(51-31)37(38)46)20-49-19-24-16-41-29-11-4-3-9-26(24)29/h3-5,7,9-11,13-16,32,35,37-38,40,44,46H,8,17-20H2,1-2H3/p+1/t32-,35-,37-,38+,40+/m1/s1. The first-order valence-electron chi connectivity index (χ1n) is 16.9. The van der Waals surface area contributed by atoms with Gasteiger partial charge in [-0.2, -0.15) is 4.99 Å². The normalized spacial score (nSPS) is 24.7. The van der Waals surface area contributed by atoms with Crippen molar-refractivity contribution in [2.24, 2.45) is 4.99 Å². The Hall–Kier alpha value is -5.58. The first-order valence-corrected chi connectivity index (χ1v) is 16.9. The summed E-state index contributed by atoms with van der Waals surface area (Å²) >= 11 is 0. The zero-order valence-electron chi connectivity index (χ0n) is 28.4. The predicted octanol–water partition coefficient (Wildman–Crippen LogP) is 3.48.